The molecule has 138 valence electrons. The van der Waals surface area contributed by atoms with Gasteiger partial charge in [-0.2, -0.15) is 0 Å². The number of nitrogens with one attached hydrogen (secondary N) is 1. The molecule has 1 fully saturated rings. The molecule has 1 aromatic carbocycles. The van der Waals surface area contributed by atoms with Gasteiger partial charge in [-0.05, 0) is 38.0 Å². The SMILES string of the molecule is CCCS(=O)(=O)C(C)C(=O)Nc1ccc(OC)c(N2CCCC2=O)c1. The Bertz CT molecular complexity index is 760. The summed E-state index contributed by atoms with van der Waals surface area (Å²) < 4.78 is 29.4. The van der Waals surface area contributed by atoms with Crippen LogP contribution in [0.3, 0.4) is 0 Å². The predicted molar refractivity (Wildman–Crippen MR) is 96.8 cm³/mol. The van der Waals surface area contributed by atoms with Crippen LogP contribution in [-0.4, -0.2) is 44.9 Å². The molecule has 0 saturated carbocycles. The average Bonchev–Trinajstić information content (AvgIpc) is 2.99. The Morgan fingerprint density at radius 3 is 2.68 bits per heavy atom. The molecule has 0 bridgehead atoms. The standard InChI is InChI=1S/C17H24N2O5S/c1-4-10-25(22,23)12(2)17(21)18-13-7-8-15(24-3)14(11-13)19-9-5-6-16(19)20/h7-8,11-12H,4-6,9-10H2,1-3H3,(H,18,21). The van der Waals surface area contributed by atoms with E-state index in [0.717, 1.165) is 6.42 Å². The fourth-order valence-corrected chi connectivity index (χ4v) is 4.06. The van der Waals surface area contributed by atoms with Crippen molar-refractivity contribution in [2.45, 2.75) is 38.4 Å². The van der Waals surface area contributed by atoms with Crippen molar-refractivity contribution in [1.29, 1.82) is 0 Å². The van der Waals surface area contributed by atoms with Crippen LogP contribution in [0.5, 0.6) is 5.75 Å². The molecule has 1 aliphatic heterocycles. The zero-order valence-electron chi connectivity index (χ0n) is 14.7. The summed E-state index contributed by atoms with van der Waals surface area (Å²) in [6, 6.07) is 4.92. The van der Waals surface area contributed by atoms with E-state index in [1.807, 2.05) is 0 Å². The Kier molecular flexibility index (Phi) is 6.05. The Morgan fingerprint density at radius 1 is 1.40 bits per heavy atom. The van der Waals surface area contributed by atoms with Crippen LogP contribution in [0.2, 0.25) is 0 Å². The van der Waals surface area contributed by atoms with Crippen molar-refractivity contribution in [3.63, 3.8) is 0 Å². The maximum atomic E-state index is 12.3. The van der Waals surface area contributed by atoms with Crippen LogP contribution in [-0.2, 0) is 19.4 Å². The number of carbonyl (C=O) groups excluding carboxylic acids is 2. The topological polar surface area (TPSA) is 92.8 Å². The van der Waals surface area contributed by atoms with Crippen molar-refractivity contribution >= 4 is 33.0 Å². The lowest BCUT2D eigenvalue weighted by molar-refractivity contribution is -0.117. The molecule has 2 amide bonds. The minimum Gasteiger partial charge on any atom is -0.495 e. The van der Waals surface area contributed by atoms with Crippen LogP contribution < -0.4 is 15.0 Å². The second kappa shape index (κ2) is 7.86. The molecule has 1 aliphatic rings. The van der Waals surface area contributed by atoms with Gasteiger partial charge in [-0.3, -0.25) is 9.59 Å². The maximum Gasteiger partial charge on any atom is 0.242 e. The van der Waals surface area contributed by atoms with Gasteiger partial charge in [0.25, 0.3) is 0 Å². The number of nitrogens with zero attached hydrogens (tertiary/aromatic N) is 1. The quantitative estimate of drug-likeness (QED) is 0.794. The summed E-state index contributed by atoms with van der Waals surface area (Å²) in [6.07, 6.45) is 1.71. The largest absolute Gasteiger partial charge is 0.495 e. The van der Waals surface area contributed by atoms with Crippen molar-refractivity contribution in [3.05, 3.63) is 18.2 Å². The fourth-order valence-electron chi connectivity index (χ4n) is 2.75. The first-order valence-corrected chi connectivity index (χ1v) is 10.0. The van der Waals surface area contributed by atoms with Gasteiger partial charge in [0.05, 0.1) is 18.6 Å². The molecule has 0 aliphatic carbocycles. The molecule has 1 unspecified atom stereocenters. The first-order valence-electron chi connectivity index (χ1n) is 8.31. The highest BCUT2D eigenvalue weighted by Crippen LogP contribution is 2.34. The van der Waals surface area contributed by atoms with E-state index in [9.17, 15) is 18.0 Å². The van der Waals surface area contributed by atoms with Gasteiger partial charge >= 0.3 is 0 Å². The predicted octanol–water partition coefficient (Wildman–Crippen LogP) is 1.97. The molecule has 1 N–H and O–H groups in total. The summed E-state index contributed by atoms with van der Waals surface area (Å²) in [5, 5.41) is 1.49. The van der Waals surface area contributed by atoms with Crippen molar-refractivity contribution in [2.75, 3.05) is 29.6 Å². The third kappa shape index (κ3) is 4.31. The monoisotopic (exact) mass is 368 g/mol. The zero-order chi connectivity index (χ0) is 18.6. The number of carbonyl (C=O) groups is 2. The van der Waals surface area contributed by atoms with Gasteiger partial charge in [-0.1, -0.05) is 6.92 Å². The second-order valence-electron chi connectivity index (χ2n) is 6.03. The highest BCUT2D eigenvalue weighted by molar-refractivity contribution is 7.92. The van der Waals surface area contributed by atoms with Crippen molar-refractivity contribution < 1.29 is 22.7 Å². The average molecular weight is 368 g/mol. The van der Waals surface area contributed by atoms with E-state index >= 15 is 0 Å². The van der Waals surface area contributed by atoms with E-state index in [-0.39, 0.29) is 11.7 Å². The first-order chi connectivity index (χ1) is 11.8. The van der Waals surface area contributed by atoms with Gasteiger partial charge < -0.3 is 15.0 Å². The van der Waals surface area contributed by atoms with E-state index in [1.54, 1.807) is 30.0 Å². The van der Waals surface area contributed by atoms with E-state index in [2.05, 4.69) is 5.32 Å². The maximum absolute atomic E-state index is 12.3. The molecule has 2 rings (SSSR count). The Labute approximate surface area is 148 Å². The lowest BCUT2D eigenvalue weighted by Gasteiger charge is -2.20. The number of hydrogen-bond acceptors (Lipinski definition) is 5. The third-order valence-electron chi connectivity index (χ3n) is 4.21. The van der Waals surface area contributed by atoms with Gasteiger partial charge in [-0.15, -0.1) is 0 Å². The minimum absolute atomic E-state index is 0.000619. The van der Waals surface area contributed by atoms with E-state index in [1.165, 1.54) is 14.0 Å². The number of rotatable bonds is 7. The third-order valence-corrected chi connectivity index (χ3v) is 6.48. The van der Waals surface area contributed by atoms with Crippen LogP contribution in [0.4, 0.5) is 11.4 Å². The summed E-state index contributed by atoms with van der Waals surface area (Å²) in [4.78, 5) is 25.9. The summed E-state index contributed by atoms with van der Waals surface area (Å²) in [7, 11) is -1.97. The molecule has 1 saturated heterocycles. The number of ether oxygens (including phenoxy) is 1. The number of methoxy groups -OCH3 is 1. The van der Waals surface area contributed by atoms with Gasteiger partial charge in [0.15, 0.2) is 9.84 Å². The summed E-state index contributed by atoms with van der Waals surface area (Å²) in [5.74, 6) is -0.0875. The lowest BCUT2D eigenvalue weighted by atomic mass is 10.2. The molecule has 0 radical (unpaired) electrons. The Balaban J connectivity index is 2.23. The lowest BCUT2D eigenvalue weighted by Crippen LogP contribution is -2.34. The van der Waals surface area contributed by atoms with E-state index < -0.39 is 21.0 Å². The van der Waals surface area contributed by atoms with Crippen LogP contribution in [0.1, 0.15) is 33.1 Å². The molecular formula is C17H24N2O5S. The van der Waals surface area contributed by atoms with Crippen LogP contribution in [0.25, 0.3) is 0 Å². The molecular weight excluding hydrogens is 344 g/mol. The summed E-state index contributed by atoms with van der Waals surface area (Å²) in [5.41, 5.74) is 1.01. The molecule has 7 nitrogen and oxygen atoms in total. The highest BCUT2D eigenvalue weighted by Gasteiger charge is 2.28. The van der Waals surface area contributed by atoms with Crippen molar-refractivity contribution in [3.8, 4) is 5.75 Å². The summed E-state index contributed by atoms with van der Waals surface area (Å²) in [6.45, 7) is 3.73. The van der Waals surface area contributed by atoms with Gasteiger partial charge in [0, 0.05) is 18.7 Å². The highest BCUT2D eigenvalue weighted by atomic mass is 32.2. The number of benzene rings is 1. The number of amides is 2. The molecule has 1 heterocycles. The molecule has 0 spiro atoms. The normalized spacial score (nSPS) is 16.0. The van der Waals surface area contributed by atoms with Gasteiger partial charge in [0.1, 0.15) is 11.0 Å². The molecule has 25 heavy (non-hydrogen) atoms. The Morgan fingerprint density at radius 2 is 2.12 bits per heavy atom. The van der Waals surface area contributed by atoms with Crippen LogP contribution in [0.15, 0.2) is 18.2 Å². The minimum atomic E-state index is -3.48. The van der Waals surface area contributed by atoms with E-state index in [0.29, 0.717) is 36.5 Å². The van der Waals surface area contributed by atoms with Gasteiger partial charge in [-0.25, -0.2) is 8.42 Å². The molecule has 1 atom stereocenters. The Hall–Kier alpha value is -2.09. The van der Waals surface area contributed by atoms with Crippen molar-refractivity contribution in [2.24, 2.45) is 0 Å². The number of sulfone groups is 1. The number of anilines is 2. The van der Waals surface area contributed by atoms with Crippen LogP contribution >= 0.6 is 0 Å². The summed E-state index contributed by atoms with van der Waals surface area (Å²) >= 11 is 0. The second-order valence-corrected chi connectivity index (χ2v) is 8.48. The smallest absolute Gasteiger partial charge is 0.242 e. The van der Waals surface area contributed by atoms with Gasteiger partial charge in [0.2, 0.25) is 11.8 Å². The molecule has 0 aromatic heterocycles. The molecule has 8 heteroatoms. The van der Waals surface area contributed by atoms with Crippen LogP contribution in [0, 0.1) is 0 Å². The number of hydrogen-bond donors (Lipinski definition) is 1. The van der Waals surface area contributed by atoms with E-state index in [4.69, 9.17) is 4.74 Å². The van der Waals surface area contributed by atoms with Crippen molar-refractivity contribution in [1.82, 2.24) is 0 Å². The molecule has 1 aromatic rings. The fraction of sp³-hybridized carbons (Fsp3) is 0.529. The first kappa shape index (κ1) is 19.2. The zero-order valence-corrected chi connectivity index (χ0v) is 15.6.